The van der Waals surface area contributed by atoms with E-state index in [1.165, 1.54) is 24.4 Å². The Labute approximate surface area is 158 Å². The van der Waals surface area contributed by atoms with Gasteiger partial charge in [-0.25, -0.2) is 14.4 Å². The summed E-state index contributed by atoms with van der Waals surface area (Å²) in [5.74, 6) is -0.690. The van der Waals surface area contributed by atoms with Crippen molar-refractivity contribution in [2.45, 2.75) is 19.6 Å². The van der Waals surface area contributed by atoms with Gasteiger partial charge in [0.2, 0.25) is 0 Å². The molecule has 0 saturated heterocycles. The summed E-state index contributed by atoms with van der Waals surface area (Å²) < 4.78 is 51.6. The Morgan fingerprint density at radius 1 is 1.07 bits per heavy atom. The molecule has 3 aromatic rings. The zero-order chi connectivity index (χ0) is 20.3. The van der Waals surface area contributed by atoms with Crippen LogP contribution in [0.1, 0.15) is 27.2 Å². The number of aryl methyl sites for hydroxylation is 1. The Kier molecular flexibility index (Phi) is 5.39. The number of carbonyl (C=O) groups is 1. The molecule has 3 rings (SSSR count). The maximum atomic E-state index is 13.6. The fourth-order valence-electron chi connectivity index (χ4n) is 2.55. The Morgan fingerprint density at radius 2 is 1.75 bits per heavy atom. The van der Waals surface area contributed by atoms with Crippen molar-refractivity contribution < 1.29 is 22.4 Å². The average Bonchev–Trinajstić information content (AvgIpc) is 2.66. The molecule has 0 unspecified atom stereocenters. The highest BCUT2D eigenvalue weighted by Crippen LogP contribution is 2.30. The molecule has 8 heteroatoms. The summed E-state index contributed by atoms with van der Waals surface area (Å²) in [5, 5.41) is 2.60. The van der Waals surface area contributed by atoms with E-state index in [-0.39, 0.29) is 17.9 Å². The molecule has 1 amide bonds. The van der Waals surface area contributed by atoms with E-state index >= 15 is 0 Å². The van der Waals surface area contributed by atoms with Crippen molar-refractivity contribution in [3.05, 3.63) is 82.9 Å². The number of hydrogen-bond acceptors (Lipinski definition) is 3. The lowest BCUT2D eigenvalue weighted by Crippen LogP contribution is -2.24. The average molecular weight is 389 g/mol. The number of aromatic nitrogens is 2. The zero-order valence-corrected chi connectivity index (χ0v) is 14.7. The third-order valence-corrected chi connectivity index (χ3v) is 4.09. The lowest BCUT2D eigenvalue weighted by Gasteiger charge is -2.10. The zero-order valence-electron chi connectivity index (χ0n) is 14.7. The van der Waals surface area contributed by atoms with Crippen molar-refractivity contribution in [3.63, 3.8) is 0 Å². The second-order valence-electron chi connectivity index (χ2n) is 6.04. The standard InChI is InChI=1S/C20H15F4N3O/c1-12-16(19(28)26-10-14-4-2-3-5-17(14)21)11-25-18(27-12)13-6-8-15(9-7-13)20(22,23)24/h2-9,11H,10H2,1H3,(H,26,28). The Morgan fingerprint density at radius 3 is 2.36 bits per heavy atom. The summed E-state index contributed by atoms with van der Waals surface area (Å²) in [6.07, 6.45) is -3.12. The van der Waals surface area contributed by atoms with E-state index in [2.05, 4.69) is 15.3 Å². The van der Waals surface area contributed by atoms with Gasteiger partial charge < -0.3 is 5.32 Å². The van der Waals surface area contributed by atoms with Gasteiger partial charge in [0, 0.05) is 23.9 Å². The number of nitrogens with zero attached hydrogens (tertiary/aromatic N) is 2. The maximum Gasteiger partial charge on any atom is 0.416 e. The molecule has 0 aliphatic carbocycles. The fraction of sp³-hybridized carbons (Fsp3) is 0.150. The number of nitrogens with one attached hydrogen (secondary N) is 1. The van der Waals surface area contributed by atoms with Gasteiger partial charge in [-0.05, 0) is 25.1 Å². The number of amides is 1. The molecular formula is C20H15F4N3O. The van der Waals surface area contributed by atoms with Crippen molar-refractivity contribution in [2.24, 2.45) is 0 Å². The molecule has 0 fully saturated rings. The largest absolute Gasteiger partial charge is 0.416 e. The van der Waals surface area contributed by atoms with Gasteiger partial charge in [0.1, 0.15) is 5.82 Å². The molecule has 0 saturated carbocycles. The van der Waals surface area contributed by atoms with Gasteiger partial charge in [0.15, 0.2) is 5.82 Å². The third-order valence-electron chi connectivity index (χ3n) is 4.09. The highest BCUT2D eigenvalue weighted by Gasteiger charge is 2.30. The molecule has 0 spiro atoms. The van der Waals surface area contributed by atoms with Crippen molar-refractivity contribution in [1.29, 1.82) is 0 Å². The lowest BCUT2D eigenvalue weighted by molar-refractivity contribution is -0.137. The van der Waals surface area contributed by atoms with Gasteiger partial charge in [0.25, 0.3) is 5.91 Å². The van der Waals surface area contributed by atoms with E-state index in [0.29, 0.717) is 16.8 Å². The predicted octanol–water partition coefficient (Wildman–Crippen LogP) is 4.54. The van der Waals surface area contributed by atoms with E-state index in [0.717, 1.165) is 12.1 Å². The molecular weight excluding hydrogens is 374 g/mol. The number of halogens is 4. The minimum Gasteiger partial charge on any atom is -0.348 e. The van der Waals surface area contributed by atoms with E-state index in [1.807, 2.05) is 0 Å². The first kappa shape index (κ1) is 19.5. The van der Waals surface area contributed by atoms with Crippen LogP contribution in [-0.2, 0) is 12.7 Å². The van der Waals surface area contributed by atoms with Crippen LogP contribution in [0.2, 0.25) is 0 Å². The first-order valence-electron chi connectivity index (χ1n) is 8.28. The van der Waals surface area contributed by atoms with Crippen LogP contribution in [0.15, 0.2) is 54.7 Å². The van der Waals surface area contributed by atoms with Gasteiger partial charge >= 0.3 is 6.18 Å². The van der Waals surface area contributed by atoms with Crippen molar-refractivity contribution in [3.8, 4) is 11.4 Å². The molecule has 2 aromatic carbocycles. The van der Waals surface area contributed by atoms with Crippen LogP contribution in [0.4, 0.5) is 17.6 Å². The second-order valence-corrected chi connectivity index (χ2v) is 6.04. The number of hydrogen-bond donors (Lipinski definition) is 1. The van der Waals surface area contributed by atoms with E-state index < -0.39 is 23.5 Å². The minimum atomic E-state index is -4.42. The normalized spacial score (nSPS) is 11.3. The Hall–Kier alpha value is -3.29. The summed E-state index contributed by atoms with van der Waals surface area (Å²) >= 11 is 0. The van der Waals surface area contributed by atoms with Gasteiger partial charge in [0.05, 0.1) is 16.8 Å². The second kappa shape index (κ2) is 7.75. The monoisotopic (exact) mass is 389 g/mol. The third kappa shape index (κ3) is 4.33. The van der Waals surface area contributed by atoms with Crippen molar-refractivity contribution >= 4 is 5.91 Å². The Bertz CT molecular complexity index is 1000. The van der Waals surface area contributed by atoms with E-state index in [4.69, 9.17) is 0 Å². The maximum absolute atomic E-state index is 13.6. The summed E-state index contributed by atoms with van der Waals surface area (Å²) in [6.45, 7) is 1.60. The minimum absolute atomic E-state index is 0.00556. The van der Waals surface area contributed by atoms with Crippen molar-refractivity contribution in [1.82, 2.24) is 15.3 Å². The van der Waals surface area contributed by atoms with Crippen LogP contribution in [0.3, 0.4) is 0 Å². The van der Waals surface area contributed by atoms with Crippen LogP contribution < -0.4 is 5.32 Å². The topological polar surface area (TPSA) is 54.9 Å². The summed E-state index contributed by atoms with van der Waals surface area (Å²) in [4.78, 5) is 20.6. The van der Waals surface area contributed by atoms with Gasteiger partial charge in [-0.3, -0.25) is 4.79 Å². The molecule has 0 aliphatic heterocycles. The first-order valence-corrected chi connectivity index (χ1v) is 8.28. The molecule has 144 valence electrons. The molecule has 1 aromatic heterocycles. The summed E-state index contributed by atoms with van der Waals surface area (Å²) in [7, 11) is 0. The van der Waals surface area contributed by atoms with Crippen LogP contribution in [0.25, 0.3) is 11.4 Å². The smallest absolute Gasteiger partial charge is 0.348 e. The van der Waals surface area contributed by atoms with Gasteiger partial charge in [-0.15, -0.1) is 0 Å². The SMILES string of the molecule is Cc1nc(-c2ccc(C(F)(F)F)cc2)ncc1C(=O)NCc1ccccc1F. The van der Waals surface area contributed by atoms with Crippen LogP contribution in [-0.4, -0.2) is 15.9 Å². The molecule has 28 heavy (non-hydrogen) atoms. The lowest BCUT2D eigenvalue weighted by atomic mass is 10.1. The number of alkyl halides is 3. The Balaban J connectivity index is 1.75. The molecule has 1 heterocycles. The van der Waals surface area contributed by atoms with Crippen LogP contribution in [0.5, 0.6) is 0 Å². The molecule has 0 aliphatic rings. The molecule has 0 radical (unpaired) electrons. The molecule has 0 bridgehead atoms. The fourth-order valence-corrected chi connectivity index (χ4v) is 2.55. The number of benzene rings is 2. The molecule has 1 N–H and O–H groups in total. The van der Waals surface area contributed by atoms with Crippen LogP contribution in [0, 0.1) is 12.7 Å². The number of rotatable bonds is 4. The summed E-state index contributed by atoms with van der Waals surface area (Å²) in [5.41, 5.74) is 0.533. The van der Waals surface area contributed by atoms with Gasteiger partial charge in [-0.1, -0.05) is 30.3 Å². The highest BCUT2D eigenvalue weighted by molar-refractivity contribution is 5.95. The van der Waals surface area contributed by atoms with Gasteiger partial charge in [-0.2, -0.15) is 13.2 Å². The quantitative estimate of drug-likeness (QED) is 0.667. The van der Waals surface area contributed by atoms with E-state index in [9.17, 15) is 22.4 Å². The predicted molar refractivity (Wildman–Crippen MR) is 94.8 cm³/mol. The summed E-state index contributed by atoms with van der Waals surface area (Å²) in [6, 6.07) is 10.5. The first-order chi connectivity index (χ1) is 13.3. The number of carbonyl (C=O) groups excluding carboxylic acids is 1. The highest BCUT2D eigenvalue weighted by atomic mass is 19.4. The van der Waals surface area contributed by atoms with Crippen molar-refractivity contribution in [2.75, 3.05) is 0 Å². The van der Waals surface area contributed by atoms with Crippen LogP contribution >= 0.6 is 0 Å². The van der Waals surface area contributed by atoms with E-state index in [1.54, 1.807) is 25.1 Å². The molecule has 4 nitrogen and oxygen atoms in total. The molecule has 0 atom stereocenters.